The number of nitrogens with one attached hydrogen (secondary N) is 1. The highest BCUT2D eigenvalue weighted by molar-refractivity contribution is 5.32. The molecule has 4 heteroatoms. The molecule has 1 heterocycles. The molecule has 0 aliphatic heterocycles. The summed E-state index contributed by atoms with van der Waals surface area (Å²) in [4.78, 5) is 8.66. The molecule has 0 bridgehead atoms. The molecular weight excluding hydrogens is 262 g/mol. The van der Waals surface area contributed by atoms with Crippen molar-refractivity contribution in [1.29, 1.82) is 0 Å². The lowest BCUT2D eigenvalue weighted by Gasteiger charge is -2.10. The van der Waals surface area contributed by atoms with Crippen molar-refractivity contribution in [1.82, 2.24) is 15.3 Å². The van der Waals surface area contributed by atoms with Crippen LogP contribution in [0.4, 0.5) is 0 Å². The molecule has 0 saturated heterocycles. The molecule has 1 N–H and O–H groups in total. The van der Waals surface area contributed by atoms with E-state index in [0.29, 0.717) is 24.4 Å². The quantitative estimate of drug-likeness (QED) is 0.874. The van der Waals surface area contributed by atoms with E-state index in [4.69, 9.17) is 4.74 Å². The number of nitrogens with zero attached hydrogens (tertiary/aromatic N) is 2. The maximum atomic E-state index is 5.76. The Labute approximate surface area is 126 Å². The lowest BCUT2D eigenvalue weighted by molar-refractivity contribution is 0.457. The molecule has 0 radical (unpaired) electrons. The SMILES string of the molecule is CC(C)NCc1cnc(Oc2cccc(C(C)C)c2)cn1. The van der Waals surface area contributed by atoms with Crippen LogP contribution in [0.1, 0.15) is 44.9 Å². The van der Waals surface area contributed by atoms with E-state index in [1.54, 1.807) is 12.4 Å². The maximum absolute atomic E-state index is 5.76. The highest BCUT2D eigenvalue weighted by Gasteiger charge is 2.04. The Balaban J connectivity index is 2.01. The number of benzene rings is 1. The van der Waals surface area contributed by atoms with Crippen molar-refractivity contribution < 1.29 is 4.74 Å². The molecule has 4 nitrogen and oxygen atoms in total. The van der Waals surface area contributed by atoms with Gasteiger partial charge in [-0.3, -0.25) is 4.98 Å². The van der Waals surface area contributed by atoms with Gasteiger partial charge in [0.25, 0.3) is 0 Å². The second-order valence-electron chi connectivity index (χ2n) is 5.71. The van der Waals surface area contributed by atoms with E-state index < -0.39 is 0 Å². The molecule has 2 rings (SSSR count). The van der Waals surface area contributed by atoms with Crippen LogP contribution in [0.3, 0.4) is 0 Å². The minimum absolute atomic E-state index is 0.432. The average molecular weight is 285 g/mol. The van der Waals surface area contributed by atoms with Crippen molar-refractivity contribution in [2.45, 2.75) is 46.2 Å². The van der Waals surface area contributed by atoms with Crippen LogP contribution in [0, 0.1) is 0 Å². The molecule has 0 spiro atoms. The van der Waals surface area contributed by atoms with E-state index in [1.165, 1.54) is 5.56 Å². The number of rotatable bonds is 6. The first kappa shape index (κ1) is 15.4. The van der Waals surface area contributed by atoms with E-state index in [9.17, 15) is 0 Å². The van der Waals surface area contributed by atoms with Crippen LogP contribution in [-0.2, 0) is 6.54 Å². The fourth-order valence-corrected chi connectivity index (χ4v) is 1.85. The first-order chi connectivity index (χ1) is 10.0. The van der Waals surface area contributed by atoms with Crippen molar-refractivity contribution in [3.05, 3.63) is 47.9 Å². The largest absolute Gasteiger partial charge is 0.437 e. The highest BCUT2D eigenvalue weighted by Crippen LogP contribution is 2.23. The predicted octanol–water partition coefficient (Wildman–Crippen LogP) is 3.89. The minimum Gasteiger partial charge on any atom is -0.437 e. The summed E-state index contributed by atoms with van der Waals surface area (Å²) in [6, 6.07) is 8.51. The van der Waals surface area contributed by atoms with Crippen LogP contribution in [0.25, 0.3) is 0 Å². The van der Waals surface area contributed by atoms with Gasteiger partial charge in [0.15, 0.2) is 0 Å². The molecule has 21 heavy (non-hydrogen) atoms. The Bertz CT molecular complexity index is 565. The van der Waals surface area contributed by atoms with Gasteiger partial charge in [-0.05, 0) is 23.6 Å². The van der Waals surface area contributed by atoms with Crippen molar-refractivity contribution in [3.63, 3.8) is 0 Å². The van der Waals surface area contributed by atoms with E-state index in [1.807, 2.05) is 18.2 Å². The molecule has 112 valence electrons. The van der Waals surface area contributed by atoms with Crippen LogP contribution < -0.4 is 10.1 Å². The third-order valence-corrected chi connectivity index (χ3v) is 3.12. The molecule has 0 fully saturated rings. The normalized spacial score (nSPS) is 11.1. The molecule has 1 aromatic carbocycles. The summed E-state index contributed by atoms with van der Waals surface area (Å²) >= 11 is 0. The van der Waals surface area contributed by atoms with E-state index >= 15 is 0 Å². The molecule has 0 aliphatic carbocycles. The van der Waals surface area contributed by atoms with E-state index in [0.717, 1.165) is 11.4 Å². The lowest BCUT2D eigenvalue weighted by Crippen LogP contribution is -2.22. The van der Waals surface area contributed by atoms with Crippen LogP contribution in [0.15, 0.2) is 36.7 Å². The third kappa shape index (κ3) is 4.83. The molecular formula is C17H23N3O. The van der Waals surface area contributed by atoms with Crippen molar-refractivity contribution in [2.24, 2.45) is 0 Å². The average Bonchev–Trinajstić information content (AvgIpc) is 2.47. The molecule has 1 aromatic heterocycles. The summed E-state index contributed by atoms with van der Waals surface area (Å²) in [6.45, 7) is 9.25. The molecule has 0 amide bonds. The number of ether oxygens (including phenoxy) is 1. The number of aromatic nitrogens is 2. The summed E-state index contributed by atoms with van der Waals surface area (Å²) in [7, 11) is 0. The fraction of sp³-hybridized carbons (Fsp3) is 0.412. The van der Waals surface area contributed by atoms with Gasteiger partial charge < -0.3 is 10.1 Å². The van der Waals surface area contributed by atoms with Gasteiger partial charge in [-0.2, -0.15) is 0 Å². The van der Waals surface area contributed by atoms with Crippen LogP contribution in [0.2, 0.25) is 0 Å². The van der Waals surface area contributed by atoms with Gasteiger partial charge in [0.1, 0.15) is 5.75 Å². The van der Waals surface area contributed by atoms with Crippen LogP contribution in [-0.4, -0.2) is 16.0 Å². The smallest absolute Gasteiger partial charge is 0.237 e. The first-order valence-electron chi connectivity index (χ1n) is 7.36. The van der Waals surface area contributed by atoms with Crippen LogP contribution >= 0.6 is 0 Å². The van der Waals surface area contributed by atoms with Crippen molar-refractivity contribution in [2.75, 3.05) is 0 Å². The Morgan fingerprint density at radius 3 is 2.52 bits per heavy atom. The van der Waals surface area contributed by atoms with Gasteiger partial charge in [-0.15, -0.1) is 0 Å². The second kappa shape index (κ2) is 7.18. The predicted molar refractivity (Wildman–Crippen MR) is 84.6 cm³/mol. The molecule has 0 saturated carbocycles. The maximum Gasteiger partial charge on any atom is 0.237 e. The standard InChI is InChI=1S/C17H23N3O/c1-12(2)14-6-5-7-16(8-14)21-17-11-19-15(10-20-17)9-18-13(3)4/h5-8,10-13,18H,9H2,1-4H3. The number of hydrogen-bond acceptors (Lipinski definition) is 4. The highest BCUT2D eigenvalue weighted by atomic mass is 16.5. The monoisotopic (exact) mass is 285 g/mol. The third-order valence-electron chi connectivity index (χ3n) is 3.12. The Morgan fingerprint density at radius 1 is 1.10 bits per heavy atom. The summed E-state index contributed by atoms with van der Waals surface area (Å²) < 4.78 is 5.76. The first-order valence-corrected chi connectivity index (χ1v) is 7.36. The van der Waals surface area contributed by atoms with Crippen molar-refractivity contribution >= 4 is 0 Å². The minimum atomic E-state index is 0.432. The van der Waals surface area contributed by atoms with Gasteiger partial charge in [-0.25, -0.2) is 4.98 Å². The van der Waals surface area contributed by atoms with Crippen molar-refractivity contribution in [3.8, 4) is 11.6 Å². The zero-order valence-corrected chi connectivity index (χ0v) is 13.1. The van der Waals surface area contributed by atoms with Crippen LogP contribution in [0.5, 0.6) is 11.6 Å². The van der Waals surface area contributed by atoms with Gasteiger partial charge in [0, 0.05) is 12.6 Å². The summed E-state index contributed by atoms with van der Waals surface area (Å²) in [5, 5.41) is 3.31. The van der Waals surface area contributed by atoms with E-state index in [2.05, 4.69) is 49.0 Å². The second-order valence-corrected chi connectivity index (χ2v) is 5.71. The van der Waals surface area contributed by atoms with Gasteiger partial charge >= 0.3 is 0 Å². The fourth-order valence-electron chi connectivity index (χ4n) is 1.85. The van der Waals surface area contributed by atoms with E-state index in [-0.39, 0.29) is 0 Å². The molecule has 0 atom stereocenters. The summed E-state index contributed by atoms with van der Waals surface area (Å²) in [5.41, 5.74) is 2.16. The number of hydrogen-bond donors (Lipinski definition) is 1. The summed E-state index contributed by atoms with van der Waals surface area (Å²) in [6.07, 6.45) is 3.41. The Kier molecular flexibility index (Phi) is 5.28. The van der Waals surface area contributed by atoms with Gasteiger partial charge in [-0.1, -0.05) is 39.8 Å². The Morgan fingerprint density at radius 2 is 1.90 bits per heavy atom. The molecule has 0 aliphatic rings. The Hall–Kier alpha value is -1.94. The zero-order valence-electron chi connectivity index (χ0n) is 13.1. The molecule has 2 aromatic rings. The van der Waals surface area contributed by atoms with Gasteiger partial charge in [0.2, 0.25) is 5.88 Å². The summed E-state index contributed by atoms with van der Waals surface area (Å²) in [5.74, 6) is 1.79. The van der Waals surface area contributed by atoms with Gasteiger partial charge in [0.05, 0.1) is 18.1 Å². The topological polar surface area (TPSA) is 47.0 Å². The molecule has 0 unspecified atom stereocenters. The lowest BCUT2D eigenvalue weighted by atomic mass is 10.0. The zero-order chi connectivity index (χ0) is 15.2.